The molecule has 2 nitrogen and oxygen atoms in total. The van der Waals surface area contributed by atoms with E-state index in [9.17, 15) is 13.2 Å². The Morgan fingerprint density at radius 2 is 1.70 bits per heavy atom. The van der Waals surface area contributed by atoms with Crippen molar-refractivity contribution in [2.75, 3.05) is 0 Å². The number of aryl methyl sites for hydroxylation is 1. The van der Waals surface area contributed by atoms with Crippen LogP contribution in [0.25, 0.3) is 6.08 Å². The molecule has 0 saturated carbocycles. The Bertz CT molecular complexity index is 443. The van der Waals surface area contributed by atoms with Crippen LogP contribution in [0.1, 0.15) is 58.3 Å². The summed E-state index contributed by atoms with van der Waals surface area (Å²) in [5.74, 6) is 0.838. The summed E-state index contributed by atoms with van der Waals surface area (Å²) < 4.78 is 39.5. The third-order valence-electron chi connectivity index (χ3n) is 2.96. The molecule has 2 rings (SSSR count). The Hall–Kier alpha value is -1.26. The minimum Gasteiger partial charge on any atom is -0.335 e. The van der Waals surface area contributed by atoms with Crippen molar-refractivity contribution in [3.63, 3.8) is 0 Å². The first kappa shape index (κ1) is 18.7. The summed E-state index contributed by atoms with van der Waals surface area (Å²) in [6.07, 6.45) is -1.83. The van der Waals surface area contributed by atoms with Crippen LogP contribution >= 0.6 is 0 Å². The number of allylic oxidation sites excluding steroid dienone is 1. The van der Waals surface area contributed by atoms with E-state index in [0.29, 0.717) is 12.1 Å². The predicted octanol–water partition coefficient (Wildman–Crippen LogP) is 4.93. The molecular formula is C15H25F3N2. The van der Waals surface area contributed by atoms with Crippen molar-refractivity contribution in [1.29, 1.82) is 0 Å². The number of hydrogen-bond acceptors (Lipinski definition) is 1. The van der Waals surface area contributed by atoms with E-state index in [1.807, 2.05) is 46.2 Å². The molecule has 0 aliphatic heterocycles. The second-order valence-electron chi connectivity index (χ2n) is 3.94. The molecule has 0 amide bonds. The molecule has 0 unspecified atom stereocenters. The van der Waals surface area contributed by atoms with Gasteiger partial charge in [0.25, 0.3) is 0 Å². The fourth-order valence-electron chi connectivity index (χ4n) is 2.05. The molecule has 0 saturated heterocycles. The SMILES string of the molecule is CC.CC.CCc1nc2c(n1C)CCC(C(F)(F)F)=C2. The third kappa shape index (κ3) is 4.12. The van der Waals surface area contributed by atoms with Gasteiger partial charge < -0.3 is 4.57 Å². The highest BCUT2D eigenvalue weighted by Gasteiger charge is 2.35. The summed E-state index contributed by atoms with van der Waals surface area (Å²) in [5, 5.41) is 0. The quantitative estimate of drug-likeness (QED) is 0.717. The number of halogens is 3. The van der Waals surface area contributed by atoms with Crippen molar-refractivity contribution in [2.45, 2.75) is 60.1 Å². The number of aromatic nitrogens is 2. The van der Waals surface area contributed by atoms with Crippen molar-refractivity contribution in [3.8, 4) is 0 Å². The third-order valence-corrected chi connectivity index (χ3v) is 2.96. The average Bonchev–Trinajstić information content (AvgIpc) is 2.78. The first-order valence-corrected chi connectivity index (χ1v) is 7.25. The number of nitrogens with zero attached hydrogens (tertiary/aromatic N) is 2. The number of fused-ring (bicyclic) bond motifs is 1. The van der Waals surface area contributed by atoms with Gasteiger partial charge >= 0.3 is 6.18 Å². The van der Waals surface area contributed by atoms with Crippen LogP contribution in [0.15, 0.2) is 5.57 Å². The van der Waals surface area contributed by atoms with Crippen LogP contribution in [0.4, 0.5) is 13.2 Å². The van der Waals surface area contributed by atoms with Crippen LogP contribution in [0.3, 0.4) is 0 Å². The van der Waals surface area contributed by atoms with Gasteiger partial charge in [-0.25, -0.2) is 4.98 Å². The molecule has 1 aliphatic carbocycles. The summed E-state index contributed by atoms with van der Waals surface area (Å²) >= 11 is 0. The molecule has 0 N–H and O–H groups in total. The van der Waals surface area contributed by atoms with Gasteiger partial charge in [0.15, 0.2) is 0 Å². The number of alkyl halides is 3. The summed E-state index contributed by atoms with van der Waals surface area (Å²) in [7, 11) is 1.86. The molecule has 116 valence electrons. The van der Waals surface area contributed by atoms with E-state index in [1.54, 1.807) is 0 Å². The van der Waals surface area contributed by atoms with E-state index in [0.717, 1.165) is 17.9 Å². The van der Waals surface area contributed by atoms with Crippen molar-refractivity contribution in [2.24, 2.45) is 7.05 Å². The number of hydrogen-bond donors (Lipinski definition) is 0. The molecule has 1 aliphatic rings. The minimum absolute atomic E-state index is 0.0547. The standard InChI is InChI=1S/C11H13F3N2.2C2H6/c1-3-10-15-8-6-7(11(12,13)14)4-5-9(8)16(10)2;2*1-2/h6H,3-5H2,1-2H3;2*1-2H3. The zero-order chi connectivity index (χ0) is 15.9. The Kier molecular flexibility index (Phi) is 7.61. The van der Waals surface area contributed by atoms with E-state index in [4.69, 9.17) is 0 Å². The zero-order valence-corrected chi connectivity index (χ0v) is 13.2. The second kappa shape index (κ2) is 8.12. The minimum atomic E-state index is -4.22. The zero-order valence-electron chi connectivity index (χ0n) is 13.2. The van der Waals surface area contributed by atoms with Gasteiger partial charge in [-0.3, -0.25) is 0 Å². The highest BCUT2D eigenvalue weighted by molar-refractivity contribution is 5.56. The maximum absolute atomic E-state index is 12.5. The van der Waals surface area contributed by atoms with Gasteiger partial charge in [0, 0.05) is 24.7 Å². The lowest BCUT2D eigenvalue weighted by Crippen LogP contribution is -2.16. The first-order valence-electron chi connectivity index (χ1n) is 7.25. The monoisotopic (exact) mass is 290 g/mol. The average molecular weight is 290 g/mol. The summed E-state index contributed by atoms with van der Waals surface area (Å²) in [5.41, 5.74) is 0.920. The molecule has 20 heavy (non-hydrogen) atoms. The smallest absolute Gasteiger partial charge is 0.335 e. The number of rotatable bonds is 1. The molecule has 0 atom stereocenters. The highest BCUT2D eigenvalue weighted by atomic mass is 19.4. The Balaban J connectivity index is 0.000000829. The fraction of sp³-hybridized carbons (Fsp3) is 0.667. The maximum atomic E-state index is 12.5. The maximum Gasteiger partial charge on any atom is 0.412 e. The molecule has 0 fully saturated rings. The summed E-state index contributed by atoms with van der Waals surface area (Å²) in [4.78, 5) is 4.22. The van der Waals surface area contributed by atoms with E-state index in [2.05, 4.69) is 4.98 Å². The highest BCUT2D eigenvalue weighted by Crippen LogP contribution is 2.34. The van der Waals surface area contributed by atoms with Gasteiger partial charge in [0.2, 0.25) is 0 Å². The van der Waals surface area contributed by atoms with Gasteiger partial charge in [-0.2, -0.15) is 13.2 Å². The summed E-state index contributed by atoms with van der Waals surface area (Å²) in [6, 6.07) is 0. The van der Waals surface area contributed by atoms with Crippen molar-refractivity contribution in [1.82, 2.24) is 9.55 Å². The van der Waals surface area contributed by atoms with E-state index < -0.39 is 11.7 Å². The lowest BCUT2D eigenvalue weighted by atomic mass is 10.00. The molecule has 0 bridgehead atoms. The molecule has 0 radical (unpaired) electrons. The Morgan fingerprint density at radius 1 is 1.15 bits per heavy atom. The lowest BCUT2D eigenvalue weighted by molar-refractivity contribution is -0.0931. The first-order chi connectivity index (χ1) is 9.43. The van der Waals surface area contributed by atoms with Crippen molar-refractivity contribution >= 4 is 6.08 Å². The van der Waals surface area contributed by atoms with Gasteiger partial charge in [0.1, 0.15) is 5.82 Å². The van der Waals surface area contributed by atoms with Crippen LogP contribution in [0, 0.1) is 0 Å². The van der Waals surface area contributed by atoms with Crippen molar-refractivity contribution < 1.29 is 13.2 Å². The van der Waals surface area contributed by atoms with Gasteiger partial charge in [-0.05, 0) is 18.9 Å². The summed E-state index contributed by atoms with van der Waals surface area (Å²) in [6.45, 7) is 9.95. The lowest BCUT2D eigenvalue weighted by Gasteiger charge is -2.16. The molecule has 1 heterocycles. The second-order valence-corrected chi connectivity index (χ2v) is 3.94. The Labute approximate surface area is 119 Å². The topological polar surface area (TPSA) is 17.8 Å². The molecule has 1 aromatic heterocycles. The molecular weight excluding hydrogens is 265 g/mol. The largest absolute Gasteiger partial charge is 0.412 e. The van der Waals surface area contributed by atoms with E-state index >= 15 is 0 Å². The van der Waals surface area contributed by atoms with Crippen LogP contribution in [-0.2, 0) is 19.9 Å². The van der Waals surface area contributed by atoms with Crippen molar-refractivity contribution in [3.05, 3.63) is 22.8 Å². The molecule has 0 spiro atoms. The van der Waals surface area contributed by atoms with E-state index in [-0.39, 0.29) is 6.42 Å². The van der Waals surface area contributed by atoms with Gasteiger partial charge in [0.05, 0.1) is 5.69 Å². The normalized spacial score (nSPS) is 13.3. The molecule has 0 aromatic carbocycles. The van der Waals surface area contributed by atoms with Gasteiger partial charge in [-0.15, -0.1) is 0 Å². The van der Waals surface area contributed by atoms with Gasteiger partial charge in [-0.1, -0.05) is 34.6 Å². The molecule has 1 aromatic rings. The predicted molar refractivity (Wildman–Crippen MR) is 77.6 cm³/mol. The van der Waals surface area contributed by atoms with Crippen LogP contribution in [0.2, 0.25) is 0 Å². The number of imidazole rings is 1. The van der Waals surface area contributed by atoms with Crippen LogP contribution < -0.4 is 0 Å². The van der Waals surface area contributed by atoms with Crippen LogP contribution in [-0.4, -0.2) is 15.7 Å². The molecule has 5 heteroatoms. The van der Waals surface area contributed by atoms with Crippen LogP contribution in [0.5, 0.6) is 0 Å². The Morgan fingerprint density at radius 3 is 2.15 bits per heavy atom. The fourth-order valence-corrected chi connectivity index (χ4v) is 2.05. The van der Waals surface area contributed by atoms with E-state index in [1.165, 1.54) is 6.08 Å².